The zero-order valence-corrected chi connectivity index (χ0v) is 16.9. The Morgan fingerprint density at radius 3 is 2.70 bits per heavy atom. The summed E-state index contributed by atoms with van der Waals surface area (Å²) in [6, 6.07) is 17.2. The number of fused-ring (bicyclic) bond motifs is 1. The Kier molecular flexibility index (Phi) is 4.77. The van der Waals surface area contributed by atoms with E-state index in [4.69, 9.17) is 5.73 Å². The molecule has 3 heterocycles. The molecule has 1 saturated heterocycles. The van der Waals surface area contributed by atoms with Gasteiger partial charge in [0.15, 0.2) is 0 Å². The van der Waals surface area contributed by atoms with Gasteiger partial charge in [0, 0.05) is 60.9 Å². The lowest BCUT2D eigenvalue weighted by atomic mass is 10.00. The number of pyridine rings is 1. The fourth-order valence-electron chi connectivity index (χ4n) is 3.94. The highest BCUT2D eigenvalue weighted by Gasteiger charge is 2.23. The van der Waals surface area contributed by atoms with Crippen LogP contribution in [0.2, 0.25) is 0 Å². The summed E-state index contributed by atoms with van der Waals surface area (Å²) in [7, 11) is 0. The van der Waals surface area contributed by atoms with Crippen LogP contribution in [-0.4, -0.2) is 34.1 Å². The van der Waals surface area contributed by atoms with Gasteiger partial charge in [-0.3, -0.25) is 15.0 Å². The number of hydrogen-bond donors (Lipinski definition) is 2. The Bertz CT molecular complexity index is 1170. The Morgan fingerprint density at radius 1 is 1.03 bits per heavy atom. The van der Waals surface area contributed by atoms with Crippen molar-refractivity contribution >= 4 is 22.4 Å². The first kappa shape index (κ1) is 18.5. The summed E-state index contributed by atoms with van der Waals surface area (Å²) in [6.07, 6.45) is 7.16. The van der Waals surface area contributed by atoms with Crippen LogP contribution < -0.4 is 16.0 Å². The van der Waals surface area contributed by atoms with E-state index < -0.39 is 0 Å². The quantitative estimate of drug-likeness (QED) is 0.531. The average molecular weight is 396 g/mol. The highest BCUT2D eigenvalue weighted by atomic mass is 15.2. The van der Waals surface area contributed by atoms with Crippen molar-refractivity contribution in [3.63, 3.8) is 0 Å². The smallest absolute Gasteiger partial charge is 0.0966 e. The van der Waals surface area contributed by atoms with Gasteiger partial charge < -0.3 is 16.0 Å². The molecule has 0 spiro atoms. The van der Waals surface area contributed by atoms with Gasteiger partial charge in [0.25, 0.3) is 0 Å². The molecule has 2 aromatic carbocycles. The van der Waals surface area contributed by atoms with Crippen LogP contribution >= 0.6 is 0 Å². The molecule has 150 valence electrons. The highest BCUT2D eigenvalue weighted by molar-refractivity contribution is 5.95. The zero-order valence-electron chi connectivity index (χ0n) is 16.9. The number of nitrogens with zero attached hydrogens (tertiary/aromatic N) is 4. The van der Waals surface area contributed by atoms with Crippen LogP contribution in [0, 0.1) is 0 Å². The van der Waals surface area contributed by atoms with E-state index in [-0.39, 0.29) is 12.1 Å². The van der Waals surface area contributed by atoms with Gasteiger partial charge >= 0.3 is 0 Å². The molecule has 1 aliphatic heterocycles. The fourth-order valence-corrected chi connectivity index (χ4v) is 3.94. The monoisotopic (exact) mass is 396 g/mol. The number of aromatic nitrogens is 3. The van der Waals surface area contributed by atoms with E-state index >= 15 is 0 Å². The van der Waals surface area contributed by atoms with Crippen molar-refractivity contribution < 1.29 is 0 Å². The molecule has 1 aliphatic rings. The van der Waals surface area contributed by atoms with Crippen molar-refractivity contribution in [2.45, 2.75) is 19.0 Å². The fraction of sp³-hybridized carbons (Fsp3) is 0.208. The van der Waals surface area contributed by atoms with Gasteiger partial charge in [-0.1, -0.05) is 18.2 Å². The number of nitrogens with two attached hydrogens (primary N) is 1. The second kappa shape index (κ2) is 7.72. The summed E-state index contributed by atoms with van der Waals surface area (Å²) < 4.78 is 0. The largest absolute Gasteiger partial charge is 0.378 e. The molecule has 6 nitrogen and oxygen atoms in total. The second-order valence-corrected chi connectivity index (χ2v) is 7.82. The van der Waals surface area contributed by atoms with Crippen molar-refractivity contribution in [2.75, 3.05) is 23.3 Å². The maximum atomic E-state index is 5.97. The van der Waals surface area contributed by atoms with E-state index in [1.165, 1.54) is 5.69 Å². The minimum atomic E-state index is 0.120. The van der Waals surface area contributed by atoms with Crippen LogP contribution in [-0.2, 0) is 0 Å². The number of nitrogens with one attached hydrogen (secondary N) is 1. The standard InChI is InChI=1S/C24H24N6/c1-16(18-5-3-7-26-13-18)29-20-11-22(24-23(12-20)27-8-9-28-24)17-4-2-6-21(10-17)30-14-19(25)15-30/h2-13,16,19,29H,14-15,25H2,1H3. The maximum Gasteiger partial charge on any atom is 0.0966 e. The van der Waals surface area contributed by atoms with Crippen LogP contribution in [0.15, 0.2) is 73.3 Å². The minimum Gasteiger partial charge on any atom is -0.378 e. The molecule has 1 atom stereocenters. The number of rotatable bonds is 5. The topological polar surface area (TPSA) is 80.0 Å². The van der Waals surface area contributed by atoms with E-state index in [2.05, 4.69) is 74.6 Å². The molecular weight excluding hydrogens is 372 g/mol. The van der Waals surface area contributed by atoms with Crippen molar-refractivity contribution in [1.29, 1.82) is 0 Å². The third-order valence-corrected chi connectivity index (χ3v) is 5.57. The predicted molar refractivity (Wildman–Crippen MR) is 121 cm³/mol. The van der Waals surface area contributed by atoms with Gasteiger partial charge in [-0.2, -0.15) is 0 Å². The summed E-state index contributed by atoms with van der Waals surface area (Å²) >= 11 is 0. The van der Waals surface area contributed by atoms with Crippen molar-refractivity contribution in [3.05, 3.63) is 78.9 Å². The molecule has 0 bridgehead atoms. The summed E-state index contributed by atoms with van der Waals surface area (Å²) in [5, 5.41) is 3.59. The van der Waals surface area contributed by atoms with Gasteiger partial charge in [0.2, 0.25) is 0 Å². The molecule has 5 rings (SSSR count). The molecule has 1 fully saturated rings. The molecule has 6 heteroatoms. The molecular formula is C24H24N6. The van der Waals surface area contributed by atoms with Gasteiger partial charge in [-0.25, -0.2) is 0 Å². The van der Waals surface area contributed by atoms with Crippen molar-refractivity contribution in [1.82, 2.24) is 15.0 Å². The molecule has 30 heavy (non-hydrogen) atoms. The highest BCUT2D eigenvalue weighted by Crippen LogP contribution is 2.34. The van der Waals surface area contributed by atoms with Gasteiger partial charge in [0.1, 0.15) is 0 Å². The lowest BCUT2D eigenvalue weighted by molar-refractivity contribution is 0.519. The molecule has 0 radical (unpaired) electrons. The van der Waals surface area contributed by atoms with Crippen LogP contribution in [0.5, 0.6) is 0 Å². The summed E-state index contributed by atoms with van der Waals surface area (Å²) in [5.41, 5.74) is 13.2. The molecule has 3 N–H and O–H groups in total. The van der Waals surface area contributed by atoms with Crippen LogP contribution in [0.1, 0.15) is 18.5 Å². The minimum absolute atomic E-state index is 0.120. The molecule has 0 aliphatic carbocycles. The molecule has 1 unspecified atom stereocenters. The Morgan fingerprint density at radius 2 is 1.90 bits per heavy atom. The van der Waals surface area contributed by atoms with Crippen LogP contribution in [0.3, 0.4) is 0 Å². The maximum absolute atomic E-state index is 5.97. The van der Waals surface area contributed by atoms with Crippen molar-refractivity contribution in [2.24, 2.45) is 5.73 Å². The van der Waals surface area contributed by atoms with Crippen molar-refractivity contribution in [3.8, 4) is 11.1 Å². The Balaban J connectivity index is 1.54. The van der Waals surface area contributed by atoms with E-state index in [0.29, 0.717) is 0 Å². The predicted octanol–water partition coefficient (Wildman–Crippen LogP) is 4.01. The van der Waals surface area contributed by atoms with E-state index in [1.807, 2.05) is 12.3 Å². The van der Waals surface area contributed by atoms with E-state index in [9.17, 15) is 0 Å². The normalized spacial score (nSPS) is 15.1. The average Bonchev–Trinajstić information content (AvgIpc) is 2.77. The molecule has 0 amide bonds. The van der Waals surface area contributed by atoms with Gasteiger partial charge in [0.05, 0.1) is 17.1 Å². The lowest BCUT2D eigenvalue weighted by Gasteiger charge is -2.39. The summed E-state index contributed by atoms with van der Waals surface area (Å²) in [6.45, 7) is 3.92. The first-order chi connectivity index (χ1) is 14.7. The molecule has 2 aromatic heterocycles. The first-order valence-electron chi connectivity index (χ1n) is 10.2. The lowest BCUT2D eigenvalue weighted by Crippen LogP contribution is -2.55. The van der Waals surface area contributed by atoms with Crippen LogP contribution in [0.4, 0.5) is 11.4 Å². The molecule has 4 aromatic rings. The number of hydrogen-bond acceptors (Lipinski definition) is 6. The number of benzene rings is 2. The Labute approximate surface area is 175 Å². The summed E-state index contributed by atoms with van der Waals surface area (Å²) in [5.74, 6) is 0. The molecule has 0 saturated carbocycles. The second-order valence-electron chi connectivity index (χ2n) is 7.82. The number of anilines is 2. The SMILES string of the molecule is CC(Nc1cc(-c2cccc(N3CC(N)C3)c2)c2nccnc2c1)c1cccnc1. The van der Waals surface area contributed by atoms with Gasteiger partial charge in [-0.15, -0.1) is 0 Å². The first-order valence-corrected chi connectivity index (χ1v) is 10.2. The zero-order chi connectivity index (χ0) is 20.5. The van der Waals surface area contributed by atoms with Crippen LogP contribution in [0.25, 0.3) is 22.2 Å². The summed E-state index contributed by atoms with van der Waals surface area (Å²) in [4.78, 5) is 15.7. The third kappa shape index (κ3) is 3.57. The van der Waals surface area contributed by atoms with Gasteiger partial charge in [-0.05, 0) is 48.4 Å². The third-order valence-electron chi connectivity index (χ3n) is 5.57. The van der Waals surface area contributed by atoms with E-state index in [0.717, 1.165) is 46.5 Å². The van der Waals surface area contributed by atoms with E-state index in [1.54, 1.807) is 18.6 Å². The Hall–Kier alpha value is -3.51.